The van der Waals surface area contributed by atoms with E-state index in [9.17, 15) is 8.78 Å². The van der Waals surface area contributed by atoms with Crippen molar-refractivity contribution in [3.8, 4) is 23.3 Å². The summed E-state index contributed by atoms with van der Waals surface area (Å²) in [6.45, 7) is 4.45. The Morgan fingerprint density at radius 2 is 1.97 bits per heavy atom. The summed E-state index contributed by atoms with van der Waals surface area (Å²) >= 11 is -0.174. The van der Waals surface area contributed by atoms with E-state index in [1.54, 1.807) is 12.5 Å². The maximum absolute atomic E-state index is 14.6. The molecule has 8 nitrogen and oxygen atoms in total. The maximum atomic E-state index is 14.6. The van der Waals surface area contributed by atoms with Gasteiger partial charge in [-0.15, -0.1) is 0 Å². The number of alkyl halides is 2. The Morgan fingerprint density at radius 3 is 2.76 bits per heavy atom. The molecule has 6 rings (SSSR count). The van der Waals surface area contributed by atoms with Crippen LogP contribution in [-0.4, -0.2) is 43.8 Å². The molecule has 0 spiro atoms. The van der Waals surface area contributed by atoms with Gasteiger partial charge in [0.05, 0.1) is 0 Å². The second-order valence-corrected chi connectivity index (χ2v) is 12.5. The molecule has 2 aliphatic rings. The van der Waals surface area contributed by atoms with Crippen LogP contribution in [0.1, 0.15) is 49.0 Å². The van der Waals surface area contributed by atoms with Gasteiger partial charge in [0.25, 0.3) is 0 Å². The van der Waals surface area contributed by atoms with Crippen molar-refractivity contribution in [3.63, 3.8) is 0 Å². The molecule has 1 aromatic carbocycles. The fourth-order valence-corrected chi connectivity index (χ4v) is 10.6. The minimum atomic E-state index is -0.654. The van der Waals surface area contributed by atoms with Gasteiger partial charge in [0, 0.05) is 0 Å². The molecule has 1 saturated heterocycles. The fourth-order valence-electron chi connectivity index (χ4n) is 5.57. The summed E-state index contributed by atoms with van der Waals surface area (Å²) in [4.78, 5) is 13.7. The van der Waals surface area contributed by atoms with Gasteiger partial charge in [0.2, 0.25) is 0 Å². The standard InChI is InChI=1S/C26H22F2IN8/c1-25(2)16-12-29-13-26(25,20-8-10-31-24(33-20)37-14-32-21(36-37)7-4-9-30)23-15(16)11-19(34-35-23)22-17(27)5-3-6-18(22)28/h3,5-6,8,10-11,14,16H,4,7,12-13H2,1-2H3/q-1/t16-,26-/m0/s1. The Labute approximate surface area is 222 Å². The molecule has 188 valence electrons. The van der Waals surface area contributed by atoms with Crippen molar-refractivity contribution in [3.05, 3.63) is 77.3 Å². The molecule has 0 unspecified atom stereocenters. The molecular weight excluding hydrogens is 589 g/mol. The van der Waals surface area contributed by atoms with E-state index in [1.807, 2.05) is 12.1 Å². The average molecular weight is 611 g/mol. The van der Waals surface area contributed by atoms with Gasteiger partial charge < -0.3 is 0 Å². The van der Waals surface area contributed by atoms with Gasteiger partial charge >= 0.3 is 223 Å². The molecule has 11 heteroatoms. The Hall–Kier alpha value is -3.40. The summed E-state index contributed by atoms with van der Waals surface area (Å²) < 4.78 is 32.7. The van der Waals surface area contributed by atoms with E-state index < -0.39 is 17.0 Å². The van der Waals surface area contributed by atoms with Crippen LogP contribution >= 0.6 is 0 Å². The van der Waals surface area contributed by atoms with Gasteiger partial charge in [0.1, 0.15) is 0 Å². The van der Waals surface area contributed by atoms with E-state index in [-0.39, 0.29) is 43.8 Å². The van der Waals surface area contributed by atoms with E-state index in [0.717, 1.165) is 25.8 Å². The third-order valence-corrected chi connectivity index (χ3v) is 10.8. The number of aromatic nitrogens is 7. The summed E-state index contributed by atoms with van der Waals surface area (Å²) in [5.74, 6) is -0.179. The van der Waals surface area contributed by atoms with Crippen LogP contribution in [0.25, 0.3) is 17.2 Å². The summed E-state index contributed by atoms with van der Waals surface area (Å²) in [7, 11) is 0. The van der Waals surface area contributed by atoms with Crippen molar-refractivity contribution >= 4 is 0 Å². The number of hydrogen-bond donors (Lipinski definition) is 0. The van der Waals surface area contributed by atoms with Crippen LogP contribution in [0.15, 0.2) is 42.9 Å². The van der Waals surface area contributed by atoms with Gasteiger partial charge in [-0.1, -0.05) is 0 Å². The molecule has 0 saturated carbocycles. The number of halogens is 3. The van der Waals surface area contributed by atoms with Crippen LogP contribution in [0, 0.1) is 28.4 Å². The van der Waals surface area contributed by atoms with Crippen LogP contribution in [0.3, 0.4) is 0 Å². The number of fused-ring (bicyclic) bond motifs is 5. The minimum absolute atomic E-state index is 0.150. The van der Waals surface area contributed by atoms with Crippen molar-refractivity contribution in [2.24, 2.45) is 5.41 Å². The summed E-state index contributed by atoms with van der Waals surface area (Å²) in [5, 5.41) is 22.3. The van der Waals surface area contributed by atoms with Crippen molar-refractivity contribution in [2.75, 3.05) is 8.86 Å². The van der Waals surface area contributed by atoms with Crippen LogP contribution in [0.2, 0.25) is 0 Å². The molecule has 1 fully saturated rings. The number of rotatable bonds is 5. The zero-order chi connectivity index (χ0) is 25.8. The molecule has 4 aromatic rings. The van der Waals surface area contributed by atoms with Crippen molar-refractivity contribution in [2.45, 2.75) is 38.0 Å². The molecule has 1 aliphatic heterocycles. The van der Waals surface area contributed by atoms with Crippen LogP contribution in [0.4, 0.5) is 8.78 Å². The Balaban J connectivity index is 1.48. The Bertz CT molecular complexity index is 1540. The van der Waals surface area contributed by atoms with Crippen molar-refractivity contribution in [1.82, 2.24) is 34.9 Å². The Morgan fingerprint density at radius 1 is 1.16 bits per heavy atom. The molecule has 37 heavy (non-hydrogen) atoms. The van der Waals surface area contributed by atoms with Crippen LogP contribution < -0.4 is 21.2 Å². The summed E-state index contributed by atoms with van der Waals surface area (Å²) in [5.41, 5.74) is 1.97. The molecule has 0 amide bonds. The molecule has 2 bridgehead atoms. The quantitative estimate of drug-likeness (QED) is 0.243. The molecule has 3 aromatic heterocycles. The first-order valence-corrected chi connectivity index (χ1v) is 14.9. The molecule has 4 heterocycles. The van der Waals surface area contributed by atoms with Gasteiger partial charge in [-0.25, -0.2) is 0 Å². The monoisotopic (exact) mass is 611 g/mol. The number of aryl methyl sites for hydroxylation is 1. The first kappa shape index (κ1) is 24.0. The first-order chi connectivity index (χ1) is 17.9. The van der Waals surface area contributed by atoms with Crippen molar-refractivity contribution < 1.29 is 30.0 Å². The van der Waals surface area contributed by atoms with Gasteiger partial charge in [-0.3, -0.25) is 0 Å². The zero-order valence-electron chi connectivity index (χ0n) is 20.2. The van der Waals surface area contributed by atoms with E-state index in [1.165, 1.54) is 22.9 Å². The zero-order valence-corrected chi connectivity index (χ0v) is 22.3. The predicted molar refractivity (Wildman–Crippen MR) is 125 cm³/mol. The van der Waals surface area contributed by atoms with Crippen LogP contribution in [0.5, 0.6) is 0 Å². The van der Waals surface area contributed by atoms with Gasteiger partial charge in [-0.2, -0.15) is 0 Å². The van der Waals surface area contributed by atoms with Crippen molar-refractivity contribution in [1.29, 1.82) is 5.26 Å². The normalized spacial score (nSPS) is 21.6. The molecule has 0 radical (unpaired) electrons. The predicted octanol–water partition coefficient (Wildman–Crippen LogP) is 0.761. The molecule has 1 aliphatic carbocycles. The van der Waals surface area contributed by atoms with Gasteiger partial charge in [-0.05, 0) is 0 Å². The van der Waals surface area contributed by atoms with E-state index in [4.69, 9.17) is 10.2 Å². The Kier molecular flexibility index (Phi) is 5.74. The third-order valence-electron chi connectivity index (χ3n) is 7.64. The second kappa shape index (κ2) is 8.86. The van der Waals surface area contributed by atoms with E-state index in [2.05, 4.69) is 45.2 Å². The first-order valence-electron chi connectivity index (χ1n) is 11.8. The average Bonchev–Trinajstić information content (AvgIpc) is 3.36. The SMILES string of the molecule is CC1(C)[C@H]2C[I-]C[C@]1(c1ccnc(-n3cnc(CCC#N)n3)n1)c1nnc(-c3c(F)cccc3F)cc12. The number of hydrogen-bond acceptors (Lipinski definition) is 7. The number of nitriles is 1. The summed E-state index contributed by atoms with van der Waals surface area (Å²) in [6, 6.07) is 9.67. The molecule has 2 atom stereocenters. The van der Waals surface area contributed by atoms with E-state index in [0.29, 0.717) is 24.6 Å². The summed E-state index contributed by atoms with van der Waals surface area (Å²) in [6.07, 6.45) is 4.07. The number of benzene rings is 1. The van der Waals surface area contributed by atoms with E-state index >= 15 is 0 Å². The fraction of sp³-hybridized carbons (Fsp3) is 0.346. The van der Waals surface area contributed by atoms with Gasteiger partial charge in [0.15, 0.2) is 0 Å². The third kappa shape index (κ3) is 3.56. The number of nitrogens with zero attached hydrogens (tertiary/aromatic N) is 8. The second-order valence-electron chi connectivity index (χ2n) is 9.79. The topological polar surface area (TPSA) is 106 Å². The van der Waals surface area contributed by atoms with Crippen LogP contribution in [-0.2, 0) is 11.8 Å². The molecule has 0 N–H and O–H groups in total. The molecular formula is C26H22F2IN8-.